The molecule has 106 valence electrons. The summed E-state index contributed by atoms with van der Waals surface area (Å²) in [6, 6.07) is 3.75. The number of hydrogen-bond acceptors (Lipinski definition) is 5. The molecule has 5 heteroatoms. The van der Waals surface area contributed by atoms with E-state index in [0.29, 0.717) is 11.5 Å². The van der Waals surface area contributed by atoms with Gasteiger partial charge in [-0.1, -0.05) is 0 Å². The van der Waals surface area contributed by atoms with Gasteiger partial charge in [-0.15, -0.1) is 0 Å². The first-order valence-corrected chi connectivity index (χ1v) is 6.11. The summed E-state index contributed by atoms with van der Waals surface area (Å²) in [5, 5.41) is 3.09. The van der Waals surface area contributed by atoms with Gasteiger partial charge in [0.25, 0.3) is 0 Å². The molecule has 0 aromatic heterocycles. The molecule has 0 radical (unpaired) electrons. The number of carbonyl (C=O) groups is 1. The van der Waals surface area contributed by atoms with Crippen molar-refractivity contribution in [3.63, 3.8) is 0 Å². The highest BCUT2D eigenvalue weighted by molar-refractivity contribution is 5.73. The van der Waals surface area contributed by atoms with Crippen LogP contribution in [0.1, 0.15) is 11.1 Å². The Morgan fingerprint density at radius 3 is 2.16 bits per heavy atom. The summed E-state index contributed by atoms with van der Waals surface area (Å²) >= 11 is 0. The number of esters is 1. The lowest BCUT2D eigenvalue weighted by Gasteiger charge is -2.14. The molecule has 0 amide bonds. The van der Waals surface area contributed by atoms with Gasteiger partial charge in [-0.25, -0.2) is 0 Å². The zero-order valence-electron chi connectivity index (χ0n) is 11.9. The highest BCUT2D eigenvalue weighted by atomic mass is 16.5. The van der Waals surface area contributed by atoms with Crippen LogP contribution in [0.15, 0.2) is 12.1 Å². The SMILES string of the molecule is CNCCc1cc(OC)c(OC)cc1CC(=O)OC. The molecule has 1 rings (SSSR count). The first-order chi connectivity index (χ1) is 9.15. The minimum Gasteiger partial charge on any atom is -0.493 e. The van der Waals surface area contributed by atoms with Crippen molar-refractivity contribution >= 4 is 5.97 Å². The van der Waals surface area contributed by atoms with Gasteiger partial charge in [0.05, 0.1) is 27.8 Å². The summed E-state index contributed by atoms with van der Waals surface area (Å²) in [4.78, 5) is 11.5. The fourth-order valence-corrected chi connectivity index (χ4v) is 1.85. The van der Waals surface area contributed by atoms with Crippen LogP contribution in [0.5, 0.6) is 11.5 Å². The fourth-order valence-electron chi connectivity index (χ4n) is 1.85. The smallest absolute Gasteiger partial charge is 0.309 e. The quantitative estimate of drug-likeness (QED) is 0.752. The topological polar surface area (TPSA) is 56.8 Å². The third-order valence-corrected chi connectivity index (χ3v) is 2.91. The van der Waals surface area contributed by atoms with Gasteiger partial charge in [-0.05, 0) is 43.3 Å². The average Bonchev–Trinajstić information content (AvgIpc) is 2.45. The Labute approximate surface area is 113 Å². The number of methoxy groups -OCH3 is 3. The van der Waals surface area contributed by atoms with E-state index in [4.69, 9.17) is 14.2 Å². The minimum absolute atomic E-state index is 0.232. The first kappa shape index (κ1) is 15.3. The second-order valence-corrected chi connectivity index (χ2v) is 4.08. The lowest BCUT2D eigenvalue weighted by molar-refractivity contribution is -0.139. The van der Waals surface area contributed by atoms with E-state index >= 15 is 0 Å². The summed E-state index contributed by atoms with van der Waals surface area (Å²) < 4.78 is 15.3. The summed E-state index contributed by atoms with van der Waals surface area (Å²) in [7, 11) is 6.45. The third-order valence-electron chi connectivity index (χ3n) is 2.91. The van der Waals surface area contributed by atoms with Crippen LogP contribution < -0.4 is 14.8 Å². The van der Waals surface area contributed by atoms with Crippen LogP contribution in [0, 0.1) is 0 Å². The highest BCUT2D eigenvalue weighted by Crippen LogP contribution is 2.31. The number of likely N-dealkylation sites (N-methyl/N-ethyl adjacent to an activating group) is 1. The minimum atomic E-state index is -0.266. The van der Waals surface area contributed by atoms with Crippen LogP contribution >= 0.6 is 0 Å². The molecule has 0 aliphatic rings. The van der Waals surface area contributed by atoms with E-state index in [2.05, 4.69) is 5.32 Å². The van der Waals surface area contributed by atoms with Crippen LogP contribution in [0.4, 0.5) is 0 Å². The van der Waals surface area contributed by atoms with Crippen LogP contribution in [0.3, 0.4) is 0 Å². The van der Waals surface area contributed by atoms with Gasteiger partial charge in [0.15, 0.2) is 11.5 Å². The van der Waals surface area contributed by atoms with Crippen molar-refractivity contribution in [1.82, 2.24) is 5.32 Å². The molecule has 1 aromatic rings. The second-order valence-electron chi connectivity index (χ2n) is 4.08. The summed E-state index contributed by atoms with van der Waals surface area (Å²) in [6.45, 7) is 0.823. The Kier molecular flexibility index (Phi) is 6.15. The van der Waals surface area contributed by atoms with E-state index in [0.717, 1.165) is 24.1 Å². The largest absolute Gasteiger partial charge is 0.493 e. The standard InChI is InChI=1S/C14H21NO4/c1-15-6-5-10-7-12(17-2)13(18-3)8-11(10)9-14(16)19-4/h7-8,15H,5-6,9H2,1-4H3. The Morgan fingerprint density at radius 1 is 1.11 bits per heavy atom. The van der Waals surface area contributed by atoms with Gasteiger partial charge in [-0.2, -0.15) is 0 Å². The van der Waals surface area contributed by atoms with Crippen LogP contribution in [0.2, 0.25) is 0 Å². The van der Waals surface area contributed by atoms with Crippen molar-refractivity contribution in [3.05, 3.63) is 23.3 Å². The van der Waals surface area contributed by atoms with Crippen molar-refractivity contribution in [1.29, 1.82) is 0 Å². The zero-order chi connectivity index (χ0) is 14.3. The maximum atomic E-state index is 11.5. The maximum absolute atomic E-state index is 11.5. The molecule has 0 fully saturated rings. The van der Waals surface area contributed by atoms with Crippen molar-refractivity contribution < 1.29 is 19.0 Å². The molecular weight excluding hydrogens is 246 g/mol. The van der Waals surface area contributed by atoms with Crippen LogP contribution in [-0.4, -0.2) is 40.9 Å². The number of benzene rings is 1. The van der Waals surface area contributed by atoms with Crippen molar-refractivity contribution in [2.24, 2.45) is 0 Å². The van der Waals surface area contributed by atoms with E-state index in [1.807, 2.05) is 19.2 Å². The Balaban J connectivity index is 3.11. The molecule has 0 spiro atoms. The second kappa shape index (κ2) is 7.63. The number of rotatable bonds is 7. The van der Waals surface area contributed by atoms with E-state index < -0.39 is 0 Å². The van der Waals surface area contributed by atoms with Crippen LogP contribution in [0.25, 0.3) is 0 Å². The normalized spacial score (nSPS) is 10.1. The molecule has 0 atom stereocenters. The molecule has 19 heavy (non-hydrogen) atoms. The molecule has 0 saturated heterocycles. The molecular formula is C14H21NO4. The Hall–Kier alpha value is -1.75. The molecule has 0 saturated carbocycles. The lowest BCUT2D eigenvalue weighted by Crippen LogP contribution is -2.13. The third kappa shape index (κ3) is 4.13. The van der Waals surface area contributed by atoms with E-state index in [1.54, 1.807) is 14.2 Å². The highest BCUT2D eigenvalue weighted by Gasteiger charge is 2.14. The van der Waals surface area contributed by atoms with Gasteiger partial charge in [0.1, 0.15) is 0 Å². The van der Waals surface area contributed by atoms with Crippen molar-refractivity contribution in [3.8, 4) is 11.5 Å². The predicted molar refractivity (Wildman–Crippen MR) is 72.9 cm³/mol. The van der Waals surface area contributed by atoms with Crippen LogP contribution in [-0.2, 0) is 22.4 Å². The number of ether oxygens (including phenoxy) is 3. The van der Waals surface area contributed by atoms with Crippen molar-refractivity contribution in [2.45, 2.75) is 12.8 Å². The lowest BCUT2D eigenvalue weighted by atomic mass is 10.0. The van der Waals surface area contributed by atoms with Gasteiger partial charge in [0.2, 0.25) is 0 Å². The van der Waals surface area contributed by atoms with Gasteiger partial charge < -0.3 is 19.5 Å². The Bertz CT molecular complexity index is 432. The van der Waals surface area contributed by atoms with Gasteiger partial charge >= 0.3 is 5.97 Å². The van der Waals surface area contributed by atoms with Crippen molar-refractivity contribution in [2.75, 3.05) is 34.9 Å². The summed E-state index contributed by atoms with van der Waals surface area (Å²) in [5.41, 5.74) is 1.96. The number of hydrogen-bond donors (Lipinski definition) is 1. The summed E-state index contributed by atoms with van der Waals surface area (Å²) in [5.74, 6) is 1.02. The fraction of sp³-hybridized carbons (Fsp3) is 0.500. The molecule has 0 unspecified atom stereocenters. The number of nitrogens with one attached hydrogen (secondary N) is 1. The molecule has 1 N–H and O–H groups in total. The molecule has 5 nitrogen and oxygen atoms in total. The summed E-state index contributed by atoms with van der Waals surface area (Å²) in [6.07, 6.45) is 1.04. The maximum Gasteiger partial charge on any atom is 0.309 e. The molecule has 0 heterocycles. The van der Waals surface area contributed by atoms with Gasteiger partial charge in [-0.3, -0.25) is 4.79 Å². The van der Waals surface area contributed by atoms with Gasteiger partial charge in [0, 0.05) is 0 Å². The number of carbonyl (C=O) groups excluding carboxylic acids is 1. The first-order valence-electron chi connectivity index (χ1n) is 6.11. The Morgan fingerprint density at radius 2 is 1.68 bits per heavy atom. The molecule has 0 bridgehead atoms. The van der Waals surface area contributed by atoms with E-state index in [1.165, 1.54) is 7.11 Å². The molecule has 0 aliphatic heterocycles. The average molecular weight is 267 g/mol. The zero-order valence-corrected chi connectivity index (χ0v) is 11.9. The molecule has 0 aliphatic carbocycles. The van der Waals surface area contributed by atoms with E-state index in [9.17, 15) is 4.79 Å². The molecule has 1 aromatic carbocycles. The monoisotopic (exact) mass is 267 g/mol. The predicted octanol–water partition coefficient (Wildman–Crippen LogP) is 1.18. The van der Waals surface area contributed by atoms with E-state index in [-0.39, 0.29) is 12.4 Å².